The molecule has 27 heavy (non-hydrogen) atoms. The molecule has 1 N–H and O–H groups in total. The molecule has 1 aliphatic heterocycles. The zero-order chi connectivity index (χ0) is 19.4. The number of esters is 1. The molecule has 0 fully saturated rings. The number of hydrogen-bond acceptors (Lipinski definition) is 4. The van der Waals surface area contributed by atoms with E-state index >= 15 is 0 Å². The second kappa shape index (κ2) is 8.03. The van der Waals surface area contributed by atoms with Crippen LogP contribution in [0.15, 0.2) is 42.5 Å². The summed E-state index contributed by atoms with van der Waals surface area (Å²) in [7, 11) is 0. The Morgan fingerprint density at radius 1 is 1.07 bits per heavy atom. The fourth-order valence-electron chi connectivity index (χ4n) is 3.23. The Bertz CT molecular complexity index is 871. The maximum absolute atomic E-state index is 12.3. The van der Waals surface area contributed by atoms with Gasteiger partial charge in [0.1, 0.15) is 6.54 Å². The first-order chi connectivity index (χ1) is 12.9. The third-order valence-electron chi connectivity index (χ3n) is 4.42. The molecule has 3 rings (SSSR count). The van der Waals surface area contributed by atoms with Gasteiger partial charge in [-0.3, -0.25) is 14.4 Å². The molecule has 6 nitrogen and oxygen atoms in total. The summed E-state index contributed by atoms with van der Waals surface area (Å²) in [6.45, 7) is 3.77. The van der Waals surface area contributed by atoms with Crippen LogP contribution in [0.5, 0.6) is 0 Å². The molecule has 0 aromatic heterocycles. The molecular weight excluding hydrogens is 344 g/mol. The van der Waals surface area contributed by atoms with Crippen molar-refractivity contribution in [3.63, 3.8) is 0 Å². The van der Waals surface area contributed by atoms with E-state index in [4.69, 9.17) is 4.74 Å². The summed E-state index contributed by atoms with van der Waals surface area (Å²) in [6.07, 6.45) is 0.793. The molecule has 0 aliphatic carbocycles. The van der Waals surface area contributed by atoms with E-state index in [1.165, 1.54) is 0 Å². The van der Waals surface area contributed by atoms with Crippen molar-refractivity contribution in [3.05, 3.63) is 64.7 Å². The number of aryl methyl sites for hydroxylation is 2. The van der Waals surface area contributed by atoms with Gasteiger partial charge in [0.2, 0.25) is 0 Å². The van der Waals surface area contributed by atoms with Crippen molar-refractivity contribution in [2.45, 2.75) is 20.3 Å². The van der Waals surface area contributed by atoms with E-state index in [0.29, 0.717) is 12.1 Å². The molecule has 0 saturated heterocycles. The van der Waals surface area contributed by atoms with Gasteiger partial charge in [0.15, 0.2) is 6.61 Å². The number of fused-ring (bicyclic) bond motifs is 1. The molecule has 2 aromatic carbocycles. The standard InChI is InChI=1S/C21H22N2O4/c1-14-9-15(2)11-17(10-14)21(26)22-12-20(25)27-13-19(24)23-8-7-16-5-3-4-6-18(16)23/h3-6,9-11H,7-8,12-13H2,1-2H3,(H,22,26). The smallest absolute Gasteiger partial charge is 0.325 e. The first kappa shape index (κ1) is 18.6. The van der Waals surface area contributed by atoms with Crippen LogP contribution in [-0.4, -0.2) is 37.5 Å². The highest BCUT2D eigenvalue weighted by molar-refractivity contribution is 5.98. The Kier molecular flexibility index (Phi) is 5.54. The molecule has 0 unspecified atom stereocenters. The van der Waals surface area contributed by atoms with Gasteiger partial charge in [-0.1, -0.05) is 35.4 Å². The summed E-state index contributed by atoms with van der Waals surface area (Å²) in [5.41, 5.74) is 4.41. The zero-order valence-electron chi connectivity index (χ0n) is 15.5. The molecule has 1 aliphatic rings. The average molecular weight is 366 g/mol. The minimum absolute atomic E-state index is 0.270. The first-order valence-electron chi connectivity index (χ1n) is 8.84. The maximum Gasteiger partial charge on any atom is 0.325 e. The van der Waals surface area contributed by atoms with Crippen LogP contribution in [0.25, 0.3) is 0 Å². The van der Waals surface area contributed by atoms with Crippen LogP contribution in [0.4, 0.5) is 5.69 Å². The molecule has 0 saturated carbocycles. The minimum Gasteiger partial charge on any atom is -0.454 e. The minimum atomic E-state index is -0.645. The van der Waals surface area contributed by atoms with Crippen LogP contribution in [0.2, 0.25) is 0 Å². The summed E-state index contributed by atoms with van der Waals surface area (Å²) >= 11 is 0. The number of ether oxygens (including phenoxy) is 1. The van der Waals surface area contributed by atoms with Crippen molar-refractivity contribution in [1.82, 2.24) is 5.32 Å². The number of rotatable bonds is 5. The fraction of sp³-hybridized carbons (Fsp3) is 0.286. The van der Waals surface area contributed by atoms with E-state index in [1.807, 2.05) is 44.2 Å². The molecule has 140 valence electrons. The van der Waals surface area contributed by atoms with Gasteiger partial charge >= 0.3 is 5.97 Å². The van der Waals surface area contributed by atoms with Gasteiger partial charge in [0.05, 0.1) is 0 Å². The van der Waals surface area contributed by atoms with Crippen molar-refractivity contribution in [2.24, 2.45) is 0 Å². The lowest BCUT2D eigenvalue weighted by Crippen LogP contribution is -2.36. The summed E-state index contributed by atoms with van der Waals surface area (Å²) in [5, 5.41) is 2.52. The van der Waals surface area contributed by atoms with Gasteiger partial charge in [-0.15, -0.1) is 0 Å². The SMILES string of the molecule is Cc1cc(C)cc(C(=O)NCC(=O)OCC(=O)N2CCc3ccccc32)c1. The Morgan fingerprint density at radius 3 is 2.52 bits per heavy atom. The summed E-state index contributed by atoms with van der Waals surface area (Å²) in [5.74, 6) is -1.26. The summed E-state index contributed by atoms with van der Waals surface area (Å²) in [6, 6.07) is 13.1. The van der Waals surface area contributed by atoms with Crippen LogP contribution in [0.1, 0.15) is 27.0 Å². The number of anilines is 1. The van der Waals surface area contributed by atoms with E-state index in [9.17, 15) is 14.4 Å². The number of amides is 2. The van der Waals surface area contributed by atoms with Crippen molar-refractivity contribution in [1.29, 1.82) is 0 Å². The number of nitrogens with zero attached hydrogens (tertiary/aromatic N) is 1. The van der Waals surface area contributed by atoms with Crippen LogP contribution in [0, 0.1) is 13.8 Å². The average Bonchev–Trinajstić information content (AvgIpc) is 3.07. The van der Waals surface area contributed by atoms with E-state index in [2.05, 4.69) is 5.32 Å². The van der Waals surface area contributed by atoms with E-state index in [1.54, 1.807) is 17.0 Å². The molecule has 6 heteroatoms. The molecule has 2 aromatic rings. The number of para-hydroxylation sites is 1. The van der Waals surface area contributed by atoms with E-state index in [-0.39, 0.29) is 25.0 Å². The Morgan fingerprint density at radius 2 is 1.78 bits per heavy atom. The van der Waals surface area contributed by atoms with Gasteiger partial charge < -0.3 is 15.0 Å². The summed E-state index contributed by atoms with van der Waals surface area (Å²) < 4.78 is 5.02. The van der Waals surface area contributed by atoms with Gasteiger partial charge in [-0.05, 0) is 44.0 Å². The van der Waals surface area contributed by atoms with Gasteiger partial charge in [-0.2, -0.15) is 0 Å². The highest BCUT2D eigenvalue weighted by Crippen LogP contribution is 2.27. The van der Waals surface area contributed by atoms with Crippen LogP contribution >= 0.6 is 0 Å². The van der Waals surface area contributed by atoms with Crippen molar-refractivity contribution >= 4 is 23.5 Å². The van der Waals surface area contributed by atoms with Crippen molar-refractivity contribution < 1.29 is 19.1 Å². The van der Waals surface area contributed by atoms with Gasteiger partial charge in [0, 0.05) is 17.8 Å². The highest BCUT2D eigenvalue weighted by atomic mass is 16.5. The number of hydrogen-bond donors (Lipinski definition) is 1. The number of carbonyl (C=O) groups is 3. The Labute approximate surface area is 158 Å². The van der Waals surface area contributed by atoms with Gasteiger partial charge in [-0.25, -0.2) is 0 Å². The molecular formula is C21H22N2O4. The quantitative estimate of drug-likeness (QED) is 0.823. The lowest BCUT2D eigenvalue weighted by molar-refractivity contribution is -0.146. The molecule has 0 spiro atoms. The zero-order valence-corrected chi connectivity index (χ0v) is 15.5. The topological polar surface area (TPSA) is 75.7 Å². The van der Waals surface area contributed by atoms with E-state index < -0.39 is 5.97 Å². The van der Waals surface area contributed by atoms with Crippen molar-refractivity contribution in [2.75, 3.05) is 24.6 Å². The number of carbonyl (C=O) groups excluding carboxylic acids is 3. The third-order valence-corrected chi connectivity index (χ3v) is 4.42. The lowest BCUT2D eigenvalue weighted by atomic mass is 10.1. The third kappa shape index (κ3) is 4.53. The monoisotopic (exact) mass is 366 g/mol. The first-order valence-corrected chi connectivity index (χ1v) is 8.84. The van der Waals surface area contributed by atoms with Crippen LogP contribution in [-0.2, 0) is 20.7 Å². The number of nitrogens with one attached hydrogen (secondary N) is 1. The summed E-state index contributed by atoms with van der Waals surface area (Å²) in [4.78, 5) is 37.9. The van der Waals surface area contributed by atoms with Crippen LogP contribution in [0.3, 0.4) is 0 Å². The van der Waals surface area contributed by atoms with Crippen LogP contribution < -0.4 is 10.2 Å². The van der Waals surface area contributed by atoms with Gasteiger partial charge in [0.25, 0.3) is 11.8 Å². The van der Waals surface area contributed by atoms with Crippen molar-refractivity contribution in [3.8, 4) is 0 Å². The molecule has 1 heterocycles. The fourth-order valence-corrected chi connectivity index (χ4v) is 3.23. The van der Waals surface area contributed by atoms with E-state index in [0.717, 1.165) is 28.8 Å². The normalized spacial score (nSPS) is 12.4. The predicted octanol–water partition coefficient (Wildman–Crippen LogP) is 2.17. The Hall–Kier alpha value is -3.15. The molecule has 0 atom stereocenters. The molecule has 0 bridgehead atoms. The second-order valence-electron chi connectivity index (χ2n) is 6.64. The largest absolute Gasteiger partial charge is 0.454 e. The maximum atomic E-state index is 12.3. The highest BCUT2D eigenvalue weighted by Gasteiger charge is 2.24. The lowest BCUT2D eigenvalue weighted by Gasteiger charge is -2.17. The second-order valence-corrected chi connectivity index (χ2v) is 6.64. The predicted molar refractivity (Wildman–Crippen MR) is 102 cm³/mol. The molecule has 2 amide bonds. The molecule has 0 radical (unpaired) electrons. The number of benzene rings is 2. The Balaban J connectivity index is 1.47.